The first-order valence-electron chi connectivity index (χ1n) is 13.0. The number of rotatable bonds is 10. The van der Waals surface area contributed by atoms with Gasteiger partial charge in [0.05, 0.1) is 26.3 Å². The average Bonchev–Trinajstić information content (AvgIpc) is 3.33. The highest BCUT2D eigenvalue weighted by atomic mass is 16.5. The average molecular weight is 546 g/mol. The van der Waals surface area contributed by atoms with E-state index in [1.54, 1.807) is 49.6 Å². The molecule has 0 aliphatic rings. The molecule has 1 heterocycles. The fourth-order valence-corrected chi connectivity index (χ4v) is 4.42. The quantitative estimate of drug-likeness (QED) is 0.312. The van der Waals surface area contributed by atoms with Crippen molar-refractivity contribution < 1.29 is 23.8 Å². The predicted octanol–water partition coefficient (Wildman–Crippen LogP) is 4.54. The first kappa shape index (κ1) is 28.4. The van der Waals surface area contributed by atoms with Crippen molar-refractivity contribution >= 4 is 28.5 Å². The number of hydrogen-bond donors (Lipinski definition) is 1. The fraction of sp³-hybridized carbons (Fsp3) is 0.333. The van der Waals surface area contributed by atoms with Gasteiger partial charge >= 0.3 is 0 Å². The van der Waals surface area contributed by atoms with Crippen LogP contribution in [0, 0.1) is 0 Å². The summed E-state index contributed by atoms with van der Waals surface area (Å²) in [4.78, 5) is 29.7. The van der Waals surface area contributed by atoms with Gasteiger partial charge in [0, 0.05) is 17.3 Å². The van der Waals surface area contributed by atoms with Crippen LogP contribution in [0.2, 0.25) is 0 Å². The SMILES string of the molecule is CCOc1ccc(C(C(=O)NC(C)(C)C)N(C(=O)Cn2nnc3ccccc32)c2cccc(OC)c2)cc1OC. The maximum Gasteiger partial charge on any atom is 0.249 e. The summed E-state index contributed by atoms with van der Waals surface area (Å²) >= 11 is 0. The normalized spacial score (nSPS) is 12.1. The highest BCUT2D eigenvalue weighted by molar-refractivity contribution is 6.02. The van der Waals surface area contributed by atoms with Crippen molar-refractivity contribution in [2.45, 2.75) is 45.8 Å². The summed E-state index contributed by atoms with van der Waals surface area (Å²) in [5.41, 5.74) is 1.84. The third kappa shape index (κ3) is 6.33. The molecule has 1 N–H and O–H groups in total. The minimum atomic E-state index is -1.06. The highest BCUT2D eigenvalue weighted by Crippen LogP contribution is 2.36. The molecular formula is C30H35N5O5. The van der Waals surface area contributed by atoms with Crippen LogP contribution in [0.25, 0.3) is 11.0 Å². The Morgan fingerprint density at radius 3 is 2.45 bits per heavy atom. The summed E-state index contributed by atoms with van der Waals surface area (Å²) in [5.74, 6) is 0.801. The first-order chi connectivity index (χ1) is 19.1. The molecule has 0 aliphatic heterocycles. The van der Waals surface area contributed by atoms with Gasteiger partial charge in [0.2, 0.25) is 11.8 Å². The Kier molecular flexibility index (Phi) is 8.57. The van der Waals surface area contributed by atoms with E-state index in [1.807, 2.05) is 52.0 Å². The van der Waals surface area contributed by atoms with Crippen molar-refractivity contribution in [1.82, 2.24) is 20.3 Å². The number of hydrogen-bond acceptors (Lipinski definition) is 7. The molecule has 0 saturated heterocycles. The lowest BCUT2D eigenvalue weighted by Gasteiger charge is -2.34. The summed E-state index contributed by atoms with van der Waals surface area (Å²) in [7, 11) is 3.08. The number of nitrogens with zero attached hydrogens (tertiary/aromatic N) is 4. The number of ether oxygens (including phenoxy) is 3. The van der Waals surface area contributed by atoms with E-state index in [9.17, 15) is 9.59 Å². The third-order valence-electron chi connectivity index (χ3n) is 6.11. The molecule has 0 fully saturated rings. The molecule has 210 valence electrons. The number of fused-ring (bicyclic) bond motifs is 1. The lowest BCUT2D eigenvalue weighted by atomic mass is 10.00. The first-order valence-corrected chi connectivity index (χ1v) is 13.0. The summed E-state index contributed by atoms with van der Waals surface area (Å²) < 4.78 is 18.3. The topological polar surface area (TPSA) is 108 Å². The predicted molar refractivity (Wildman–Crippen MR) is 153 cm³/mol. The minimum absolute atomic E-state index is 0.148. The van der Waals surface area contributed by atoms with Gasteiger partial charge in [0.25, 0.3) is 0 Å². The molecule has 40 heavy (non-hydrogen) atoms. The van der Waals surface area contributed by atoms with Crippen molar-refractivity contribution in [2.75, 3.05) is 25.7 Å². The van der Waals surface area contributed by atoms with Crippen LogP contribution in [0.4, 0.5) is 5.69 Å². The molecular weight excluding hydrogens is 510 g/mol. The van der Waals surface area contributed by atoms with Crippen molar-refractivity contribution in [3.63, 3.8) is 0 Å². The summed E-state index contributed by atoms with van der Waals surface area (Å²) in [6, 6.07) is 18.6. The van der Waals surface area contributed by atoms with Gasteiger partial charge in [-0.05, 0) is 69.7 Å². The van der Waals surface area contributed by atoms with Crippen LogP contribution in [-0.2, 0) is 16.1 Å². The monoisotopic (exact) mass is 545 g/mol. The Hall–Kier alpha value is -4.60. The maximum absolute atomic E-state index is 14.2. The van der Waals surface area contributed by atoms with Crippen molar-refractivity contribution in [3.05, 3.63) is 72.3 Å². The van der Waals surface area contributed by atoms with Gasteiger partial charge in [-0.3, -0.25) is 14.5 Å². The van der Waals surface area contributed by atoms with Crippen LogP contribution in [-0.4, -0.2) is 53.2 Å². The van der Waals surface area contributed by atoms with E-state index in [0.717, 1.165) is 0 Å². The molecule has 1 atom stereocenters. The Bertz CT molecular complexity index is 1490. The number of nitrogens with one attached hydrogen (secondary N) is 1. The zero-order valence-corrected chi connectivity index (χ0v) is 23.7. The number of amides is 2. The maximum atomic E-state index is 14.2. The van der Waals surface area contributed by atoms with Crippen molar-refractivity contribution in [1.29, 1.82) is 0 Å². The van der Waals surface area contributed by atoms with Gasteiger partial charge in [-0.25, -0.2) is 4.68 Å². The van der Waals surface area contributed by atoms with Gasteiger partial charge in [0.15, 0.2) is 11.5 Å². The zero-order valence-electron chi connectivity index (χ0n) is 23.7. The number of aromatic nitrogens is 3. The number of carbonyl (C=O) groups excluding carboxylic acids is 2. The molecule has 4 rings (SSSR count). The van der Waals surface area contributed by atoms with Crippen LogP contribution in [0.5, 0.6) is 17.2 Å². The summed E-state index contributed by atoms with van der Waals surface area (Å²) in [5, 5.41) is 11.4. The van der Waals surface area contributed by atoms with E-state index in [4.69, 9.17) is 14.2 Å². The highest BCUT2D eigenvalue weighted by Gasteiger charge is 2.35. The second kappa shape index (κ2) is 12.1. The lowest BCUT2D eigenvalue weighted by Crippen LogP contribution is -2.50. The molecule has 0 bridgehead atoms. The molecule has 10 nitrogen and oxygen atoms in total. The fourth-order valence-electron chi connectivity index (χ4n) is 4.42. The Labute approximate surface area is 233 Å². The van der Waals surface area contributed by atoms with E-state index in [1.165, 1.54) is 16.7 Å². The van der Waals surface area contributed by atoms with Crippen LogP contribution in [0.3, 0.4) is 0 Å². The molecule has 0 radical (unpaired) electrons. The van der Waals surface area contributed by atoms with E-state index >= 15 is 0 Å². The van der Waals surface area contributed by atoms with Gasteiger partial charge < -0.3 is 19.5 Å². The number of para-hydroxylation sites is 1. The molecule has 10 heteroatoms. The second-order valence-corrected chi connectivity index (χ2v) is 10.2. The van der Waals surface area contributed by atoms with E-state index in [0.29, 0.717) is 46.1 Å². The van der Waals surface area contributed by atoms with Gasteiger partial charge in [-0.15, -0.1) is 5.10 Å². The number of benzene rings is 3. The van der Waals surface area contributed by atoms with Crippen LogP contribution < -0.4 is 24.4 Å². The number of carbonyl (C=O) groups is 2. The molecule has 0 aliphatic carbocycles. The van der Waals surface area contributed by atoms with Crippen LogP contribution in [0.15, 0.2) is 66.7 Å². The third-order valence-corrected chi connectivity index (χ3v) is 6.11. The van der Waals surface area contributed by atoms with Crippen molar-refractivity contribution in [2.24, 2.45) is 0 Å². The van der Waals surface area contributed by atoms with E-state index < -0.39 is 11.6 Å². The van der Waals surface area contributed by atoms with Crippen molar-refractivity contribution in [3.8, 4) is 17.2 Å². The lowest BCUT2D eigenvalue weighted by molar-refractivity contribution is -0.128. The van der Waals surface area contributed by atoms with Gasteiger partial charge in [-0.1, -0.05) is 29.5 Å². The van der Waals surface area contributed by atoms with Gasteiger partial charge in [0.1, 0.15) is 23.9 Å². The molecule has 0 saturated carbocycles. The number of methoxy groups -OCH3 is 2. The molecule has 1 aromatic heterocycles. The summed E-state index contributed by atoms with van der Waals surface area (Å²) in [6.07, 6.45) is 0. The van der Waals surface area contributed by atoms with E-state index in [-0.39, 0.29) is 18.4 Å². The molecule has 0 spiro atoms. The minimum Gasteiger partial charge on any atom is -0.497 e. The van der Waals surface area contributed by atoms with Crippen LogP contribution >= 0.6 is 0 Å². The second-order valence-electron chi connectivity index (χ2n) is 10.2. The molecule has 3 aromatic carbocycles. The molecule has 2 amide bonds. The Balaban J connectivity index is 1.87. The largest absolute Gasteiger partial charge is 0.497 e. The zero-order chi connectivity index (χ0) is 28.9. The van der Waals surface area contributed by atoms with Crippen LogP contribution in [0.1, 0.15) is 39.3 Å². The molecule has 1 unspecified atom stereocenters. The Morgan fingerprint density at radius 1 is 0.975 bits per heavy atom. The van der Waals surface area contributed by atoms with E-state index in [2.05, 4.69) is 15.6 Å². The summed E-state index contributed by atoms with van der Waals surface area (Å²) in [6.45, 7) is 7.85. The standard InChI is InChI=1S/C30H35N5O5/c1-7-40-25-16-15-20(17-26(25)39-6)28(29(37)31-30(2,3)4)35(21-11-10-12-22(18-21)38-5)27(36)19-34-24-14-9-8-13-23(24)32-33-34/h8-18,28H,7,19H2,1-6H3,(H,31,37). The number of anilines is 1. The molecule has 4 aromatic rings. The Morgan fingerprint density at radius 2 is 1.75 bits per heavy atom. The van der Waals surface area contributed by atoms with Gasteiger partial charge in [-0.2, -0.15) is 0 Å². The smallest absolute Gasteiger partial charge is 0.249 e.